The molecule has 2 amide bonds. The molecule has 20 heavy (non-hydrogen) atoms. The van der Waals surface area contributed by atoms with Gasteiger partial charge in [0, 0.05) is 0 Å². The molecule has 0 aliphatic carbocycles. The number of carbonyl (C=O) groups is 2. The summed E-state index contributed by atoms with van der Waals surface area (Å²) in [5.41, 5.74) is 0.572. The quantitative estimate of drug-likeness (QED) is 0.442. The van der Waals surface area contributed by atoms with E-state index in [-0.39, 0.29) is 6.42 Å². The van der Waals surface area contributed by atoms with E-state index in [9.17, 15) is 14.8 Å². The van der Waals surface area contributed by atoms with Crippen LogP contribution in [0.15, 0.2) is 30.3 Å². The third-order valence-corrected chi connectivity index (χ3v) is 3.50. The maximum atomic E-state index is 12.0. The first-order chi connectivity index (χ1) is 9.20. The lowest BCUT2D eigenvalue weighted by Crippen LogP contribution is -2.51. The Morgan fingerprint density at radius 2 is 1.80 bits per heavy atom. The highest BCUT2D eigenvalue weighted by molar-refractivity contribution is 6.75. The van der Waals surface area contributed by atoms with E-state index in [1.54, 1.807) is 30.3 Å². The van der Waals surface area contributed by atoms with E-state index in [2.05, 4.69) is 4.98 Å². The van der Waals surface area contributed by atoms with Crippen LogP contribution in [0.2, 0.25) is 19.6 Å². The Bertz CT molecular complexity index is 473. The van der Waals surface area contributed by atoms with Gasteiger partial charge in [0.2, 0.25) is 0 Å². The highest BCUT2D eigenvalue weighted by Crippen LogP contribution is 2.23. The summed E-state index contributed by atoms with van der Waals surface area (Å²) in [7, 11) is -1.92. The number of carboxylic acids is 1. The summed E-state index contributed by atoms with van der Waals surface area (Å²) in [6, 6.07) is 7.02. The molecule has 0 bridgehead atoms. The van der Waals surface area contributed by atoms with Crippen molar-refractivity contribution in [2.75, 3.05) is 0 Å². The van der Waals surface area contributed by atoms with Gasteiger partial charge >= 0.3 is 12.0 Å². The minimum absolute atomic E-state index is 0.361. The zero-order chi connectivity index (χ0) is 15.3. The second-order valence-electron chi connectivity index (χ2n) is 5.55. The van der Waals surface area contributed by atoms with Gasteiger partial charge < -0.3 is 10.1 Å². The van der Waals surface area contributed by atoms with Gasteiger partial charge in [-0.05, 0) is 5.56 Å². The zero-order valence-electron chi connectivity index (χ0n) is 11.8. The number of carboxylic acid groups (broad SMARTS) is 1. The number of urea groups is 1. The van der Waals surface area contributed by atoms with E-state index in [0.717, 1.165) is 0 Å². The monoisotopic (exact) mass is 296 g/mol. The molecule has 0 saturated heterocycles. The van der Waals surface area contributed by atoms with Crippen molar-refractivity contribution in [1.29, 1.82) is 0 Å². The maximum absolute atomic E-state index is 12.0. The van der Waals surface area contributed by atoms with Crippen molar-refractivity contribution in [3.63, 3.8) is 0 Å². The first kappa shape index (κ1) is 16.2. The predicted octanol–water partition coefficient (Wildman–Crippen LogP) is 2.44. The molecule has 0 fully saturated rings. The van der Waals surface area contributed by atoms with E-state index in [4.69, 9.17) is 5.11 Å². The Hall–Kier alpha value is -1.86. The van der Waals surface area contributed by atoms with Gasteiger partial charge in [-0.25, -0.2) is 4.79 Å². The molecule has 0 radical (unpaired) electrons. The minimum Gasteiger partial charge on any atom is -0.481 e. The van der Waals surface area contributed by atoms with Crippen molar-refractivity contribution in [3.8, 4) is 0 Å². The molecule has 7 heteroatoms. The Balaban J connectivity index is 2.94. The van der Waals surface area contributed by atoms with Gasteiger partial charge in [-0.15, -0.1) is 0 Å². The fraction of sp³-hybridized carbons (Fsp3) is 0.385. The van der Waals surface area contributed by atoms with Crippen molar-refractivity contribution in [2.24, 2.45) is 0 Å². The van der Waals surface area contributed by atoms with Crippen LogP contribution < -0.4 is 4.98 Å². The summed E-state index contributed by atoms with van der Waals surface area (Å²) < 4.78 is 0. The molecule has 0 saturated carbocycles. The summed E-state index contributed by atoms with van der Waals surface area (Å²) in [6.07, 6.45) is -0.361. The number of hydrogen-bond acceptors (Lipinski definition) is 3. The van der Waals surface area contributed by atoms with Gasteiger partial charge in [0.1, 0.15) is 8.24 Å². The van der Waals surface area contributed by atoms with Crippen LogP contribution in [-0.2, 0) is 4.79 Å². The average molecular weight is 296 g/mol. The molecule has 1 aromatic rings. The number of benzene rings is 1. The number of aliphatic carboxylic acids is 1. The number of hydrogen-bond donors (Lipinski definition) is 3. The van der Waals surface area contributed by atoms with Crippen molar-refractivity contribution >= 4 is 20.2 Å². The summed E-state index contributed by atoms with van der Waals surface area (Å²) in [5.74, 6) is -1.08. The second kappa shape index (κ2) is 6.53. The van der Waals surface area contributed by atoms with Gasteiger partial charge in [-0.2, -0.15) is 5.06 Å². The van der Waals surface area contributed by atoms with Crippen LogP contribution in [0.4, 0.5) is 4.79 Å². The third kappa shape index (κ3) is 5.02. The molecular formula is C13H20N2O4Si. The molecule has 0 spiro atoms. The van der Waals surface area contributed by atoms with Crippen LogP contribution in [0.5, 0.6) is 0 Å². The summed E-state index contributed by atoms with van der Waals surface area (Å²) in [5, 5.41) is 19.4. The van der Waals surface area contributed by atoms with E-state index >= 15 is 0 Å². The molecule has 1 rings (SSSR count). The van der Waals surface area contributed by atoms with Crippen molar-refractivity contribution < 1.29 is 19.9 Å². The number of nitrogens with zero attached hydrogens (tertiary/aromatic N) is 1. The Morgan fingerprint density at radius 3 is 2.25 bits per heavy atom. The molecule has 6 nitrogen and oxygen atoms in total. The highest BCUT2D eigenvalue weighted by Gasteiger charge is 2.28. The lowest BCUT2D eigenvalue weighted by Gasteiger charge is -2.28. The lowest BCUT2D eigenvalue weighted by molar-refractivity contribution is -0.143. The minimum atomic E-state index is -1.92. The van der Waals surface area contributed by atoms with Crippen molar-refractivity contribution in [3.05, 3.63) is 35.9 Å². The molecule has 1 unspecified atom stereocenters. The van der Waals surface area contributed by atoms with Crippen molar-refractivity contribution in [2.45, 2.75) is 32.1 Å². The first-order valence-electron chi connectivity index (χ1n) is 6.27. The normalized spacial score (nSPS) is 12.6. The van der Waals surface area contributed by atoms with Crippen LogP contribution in [0, 0.1) is 0 Å². The van der Waals surface area contributed by atoms with Gasteiger partial charge in [0.05, 0.1) is 12.5 Å². The Labute approximate surface area is 119 Å². The number of amides is 2. The van der Waals surface area contributed by atoms with Crippen LogP contribution in [0.25, 0.3) is 0 Å². The third-order valence-electron chi connectivity index (χ3n) is 2.54. The number of nitrogens with one attached hydrogen (secondary N) is 1. The molecule has 110 valence electrons. The van der Waals surface area contributed by atoms with Crippen LogP contribution in [0.1, 0.15) is 18.0 Å². The first-order valence-corrected chi connectivity index (χ1v) is 9.77. The Kier molecular flexibility index (Phi) is 5.29. The molecule has 0 aromatic heterocycles. The number of carbonyl (C=O) groups excluding carboxylic acids is 1. The smallest absolute Gasteiger partial charge is 0.333 e. The maximum Gasteiger partial charge on any atom is 0.333 e. The molecule has 0 heterocycles. The predicted molar refractivity (Wildman–Crippen MR) is 76.9 cm³/mol. The summed E-state index contributed by atoms with van der Waals surface area (Å²) in [6.45, 7) is 5.73. The molecular weight excluding hydrogens is 276 g/mol. The van der Waals surface area contributed by atoms with Crippen LogP contribution >= 0.6 is 0 Å². The van der Waals surface area contributed by atoms with E-state index < -0.39 is 26.3 Å². The molecule has 0 aliphatic heterocycles. The standard InChI is InChI=1S/C13H20N2O4Si/c1-20(2,3)14-13(18)15(19)11(9-12(16)17)10-7-5-4-6-8-10/h4-8,11,19H,9H2,1-3H3,(H,14,18)(H,16,17). The second-order valence-corrected chi connectivity index (χ2v) is 10.3. The molecule has 1 aromatic carbocycles. The van der Waals surface area contributed by atoms with Gasteiger partial charge in [-0.1, -0.05) is 50.0 Å². The topological polar surface area (TPSA) is 89.9 Å². The average Bonchev–Trinajstić information content (AvgIpc) is 2.34. The Morgan fingerprint density at radius 1 is 1.25 bits per heavy atom. The summed E-state index contributed by atoms with van der Waals surface area (Å²) >= 11 is 0. The molecule has 0 aliphatic rings. The SMILES string of the molecule is C[Si](C)(C)NC(=O)N(O)C(CC(=O)O)c1ccccc1. The van der Waals surface area contributed by atoms with Gasteiger partial charge in [-0.3, -0.25) is 10.0 Å². The lowest BCUT2D eigenvalue weighted by atomic mass is 10.0. The fourth-order valence-electron chi connectivity index (χ4n) is 1.71. The molecule has 1 atom stereocenters. The van der Waals surface area contributed by atoms with Crippen LogP contribution in [0.3, 0.4) is 0 Å². The number of hydroxylamine groups is 2. The van der Waals surface area contributed by atoms with Gasteiger partial charge in [0.15, 0.2) is 0 Å². The molecule has 3 N–H and O–H groups in total. The van der Waals surface area contributed by atoms with E-state index in [1.165, 1.54) is 0 Å². The zero-order valence-corrected chi connectivity index (χ0v) is 12.8. The van der Waals surface area contributed by atoms with Gasteiger partial charge in [0.25, 0.3) is 0 Å². The van der Waals surface area contributed by atoms with E-state index in [1.807, 2.05) is 19.6 Å². The van der Waals surface area contributed by atoms with E-state index in [0.29, 0.717) is 10.6 Å². The number of rotatable bonds is 5. The van der Waals surface area contributed by atoms with Crippen LogP contribution in [-0.4, -0.2) is 35.6 Å². The largest absolute Gasteiger partial charge is 0.481 e. The van der Waals surface area contributed by atoms with Crippen molar-refractivity contribution in [1.82, 2.24) is 10.0 Å². The fourth-order valence-corrected chi connectivity index (χ4v) is 2.46. The highest BCUT2D eigenvalue weighted by atomic mass is 28.3. The summed E-state index contributed by atoms with van der Waals surface area (Å²) in [4.78, 5) is 25.6.